The Labute approximate surface area is 179 Å². The third-order valence-corrected chi connectivity index (χ3v) is 3.45. The third-order valence-electron chi connectivity index (χ3n) is 3.04. The van der Waals surface area contributed by atoms with Crippen LogP contribution in [-0.4, -0.2) is 34.5 Å². The van der Waals surface area contributed by atoms with Gasteiger partial charge < -0.3 is 15.0 Å². The van der Waals surface area contributed by atoms with E-state index in [4.69, 9.17) is 4.74 Å². The summed E-state index contributed by atoms with van der Waals surface area (Å²) < 4.78 is 6.44. The maximum atomic E-state index is 5.75. The van der Waals surface area contributed by atoms with E-state index in [1.165, 1.54) is 6.42 Å². The standard InChI is InChI=1S/C18H28BrN5O.C3H8/c1-8-9-10-20-17(13(2)23-14(3)25-18(4,5)6)24(7)16-12-21-15(19)11-22-16;1-3-2/h9-13,23H,3,8H2,1-2,4-7H3;3H2,1-2H3/b10-9+,20-17?;. The van der Waals surface area contributed by atoms with Gasteiger partial charge in [-0.15, -0.1) is 0 Å². The predicted octanol–water partition coefficient (Wildman–Crippen LogP) is 5.68. The molecule has 0 amide bonds. The Balaban J connectivity index is 0.00000227. The van der Waals surface area contributed by atoms with Gasteiger partial charge in [0.05, 0.1) is 18.4 Å². The molecule has 0 aromatic carbocycles. The highest BCUT2D eigenvalue weighted by atomic mass is 79.9. The van der Waals surface area contributed by atoms with Crippen LogP contribution in [-0.2, 0) is 4.74 Å². The molecule has 0 fully saturated rings. The van der Waals surface area contributed by atoms with Crippen LogP contribution in [0.5, 0.6) is 0 Å². The summed E-state index contributed by atoms with van der Waals surface area (Å²) in [5.74, 6) is 1.98. The number of ether oxygens (including phenoxy) is 1. The Hall–Kier alpha value is -1.89. The van der Waals surface area contributed by atoms with Gasteiger partial charge in [-0.3, -0.25) is 0 Å². The Bertz CT molecular complexity index is 635. The van der Waals surface area contributed by atoms with E-state index in [2.05, 4.69) is 63.6 Å². The lowest BCUT2D eigenvalue weighted by molar-refractivity contribution is 0.0407. The minimum absolute atomic E-state index is 0.133. The maximum absolute atomic E-state index is 5.75. The van der Waals surface area contributed by atoms with E-state index in [1.807, 2.05) is 45.7 Å². The van der Waals surface area contributed by atoms with Crippen molar-refractivity contribution in [3.05, 3.63) is 41.7 Å². The van der Waals surface area contributed by atoms with Crippen molar-refractivity contribution in [1.82, 2.24) is 15.3 Å². The fourth-order valence-electron chi connectivity index (χ4n) is 2.02. The molecule has 7 heteroatoms. The van der Waals surface area contributed by atoms with Gasteiger partial charge in [-0.2, -0.15) is 0 Å². The summed E-state index contributed by atoms with van der Waals surface area (Å²) in [6.07, 6.45) is 9.31. The number of likely N-dealkylation sites (N-methyl/N-ethyl adjacent to an activating group) is 1. The Morgan fingerprint density at radius 3 is 2.39 bits per heavy atom. The molecule has 1 N–H and O–H groups in total. The van der Waals surface area contributed by atoms with Gasteiger partial charge in [-0.1, -0.05) is 33.3 Å². The zero-order valence-electron chi connectivity index (χ0n) is 18.6. The number of allylic oxidation sites excluding steroid dienone is 1. The lowest BCUT2D eigenvalue weighted by Crippen LogP contribution is -2.44. The minimum atomic E-state index is -0.313. The molecular weight excluding hydrogens is 418 g/mol. The molecule has 1 unspecified atom stereocenters. The lowest BCUT2D eigenvalue weighted by atomic mass is 10.2. The Kier molecular flexibility index (Phi) is 12.4. The Morgan fingerprint density at radius 1 is 1.32 bits per heavy atom. The van der Waals surface area contributed by atoms with Gasteiger partial charge in [0.1, 0.15) is 16.0 Å². The van der Waals surface area contributed by atoms with E-state index in [0.29, 0.717) is 16.3 Å². The van der Waals surface area contributed by atoms with E-state index in [-0.39, 0.29) is 11.6 Å². The smallest absolute Gasteiger partial charge is 0.180 e. The van der Waals surface area contributed by atoms with Crippen LogP contribution in [0.3, 0.4) is 0 Å². The third kappa shape index (κ3) is 11.1. The minimum Gasteiger partial charge on any atom is -0.474 e. The second-order valence-corrected chi connectivity index (χ2v) is 8.06. The van der Waals surface area contributed by atoms with Crippen molar-refractivity contribution in [1.29, 1.82) is 0 Å². The highest BCUT2D eigenvalue weighted by Crippen LogP contribution is 2.14. The number of aromatic nitrogens is 2. The molecule has 0 aliphatic carbocycles. The number of hydrogen-bond donors (Lipinski definition) is 1. The molecule has 0 aliphatic heterocycles. The average molecular weight is 454 g/mol. The first-order valence-corrected chi connectivity index (χ1v) is 10.4. The summed E-state index contributed by atoms with van der Waals surface area (Å²) >= 11 is 3.30. The molecule has 0 spiro atoms. The van der Waals surface area contributed by atoms with Crippen molar-refractivity contribution in [2.75, 3.05) is 11.9 Å². The van der Waals surface area contributed by atoms with Crippen molar-refractivity contribution in [2.45, 2.75) is 73.0 Å². The fraction of sp³-hybridized carbons (Fsp3) is 0.571. The van der Waals surface area contributed by atoms with Crippen LogP contribution in [0.4, 0.5) is 5.82 Å². The predicted molar refractivity (Wildman–Crippen MR) is 124 cm³/mol. The summed E-state index contributed by atoms with van der Waals surface area (Å²) in [4.78, 5) is 15.1. The fourth-order valence-corrected chi connectivity index (χ4v) is 2.23. The lowest BCUT2D eigenvalue weighted by Gasteiger charge is -2.29. The maximum Gasteiger partial charge on any atom is 0.180 e. The van der Waals surface area contributed by atoms with Crippen LogP contribution in [0.1, 0.15) is 61.3 Å². The monoisotopic (exact) mass is 453 g/mol. The number of rotatable bonds is 7. The van der Waals surface area contributed by atoms with Gasteiger partial charge in [-0.25, -0.2) is 15.0 Å². The second-order valence-electron chi connectivity index (χ2n) is 7.25. The summed E-state index contributed by atoms with van der Waals surface area (Å²) in [6, 6.07) is -0.133. The average Bonchev–Trinajstić information content (AvgIpc) is 2.57. The summed E-state index contributed by atoms with van der Waals surface area (Å²) in [6.45, 7) is 18.2. The first-order valence-electron chi connectivity index (χ1n) is 9.64. The highest BCUT2D eigenvalue weighted by Gasteiger charge is 2.20. The number of nitrogens with zero attached hydrogens (tertiary/aromatic N) is 4. The van der Waals surface area contributed by atoms with Crippen LogP contribution in [0.25, 0.3) is 0 Å². The first-order chi connectivity index (χ1) is 13.1. The van der Waals surface area contributed by atoms with Crippen LogP contribution in [0, 0.1) is 0 Å². The van der Waals surface area contributed by atoms with Crippen molar-refractivity contribution in [3.8, 4) is 0 Å². The SMILES string of the molecule is C=C(NC(C)C(=N/C=C/CC)N(C)c1cnc(Br)cn1)OC(C)(C)C.CCC. The van der Waals surface area contributed by atoms with Gasteiger partial charge in [0.2, 0.25) is 0 Å². The van der Waals surface area contributed by atoms with Crippen molar-refractivity contribution >= 4 is 27.6 Å². The number of hydrogen-bond acceptors (Lipinski definition) is 5. The highest BCUT2D eigenvalue weighted by molar-refractivity contribution is 9.10. The van der Waals surface area contributed by atoms with Gasteiger partial charge in [-0.05, 0) is 56.6 Å². The molecule has 0 saturated heterocycles. The van der Waals surface area contributed by atoms with Crippen molar-refractivity contribution in [3.63, 3.8) is 0 Å². The molecule has 1 rings (SSSR count). The summed E-state index contributed by atoms with van der Waals surface area (Å²) in [5.41, 5.74) is -0.313. The van der Waals surface area contributed by atoms with Gasteiger partial charge >= 0.3 is 0 Å². The molecule has 0 bridgehead atoms. The van der Waals surface area contributed by atoms with E-state index < -0.39 is 0 Å². The van der Waals surface area contributed by atoms with E-state index in [9.17, 15) is 0 Å². The molecule has 0 radical (unpaired) electrons. The van der Waals surface area contributed by atoms with Gasteiger partial charge in [0, 0.05) is 13.2 Å². The molecule has 1 aromatic rings. The number of aliphatic imine (C=N–C) groups is 1. The normalized spacial score (nSPS) is 12.8. The topological polar surface area (TPSA) is 62.6 Å². The van der Waals surface area contributed by atoms with E-state index in [1.54, 1.807) is 18.6 Å². The number of anilines is 1. The zero-order chi connectivity index (χ0) is 21.7. The quantitative estimate of drug-likeness (QED) is 0.326. The van der Waals surface area contributed by atoms with Crippen LogP contribution in [0.2, 0.25) is 0 Å². The van der Waals surface area contributed by atoms with Gasteiger partial charge in [0.15, 0.2) is 11.7 Å². The van der Waals surface area contributed by atoms with E-state index in [0.717, 1.165) is 12.3 Å². The molecular formula is C21H36BrN5O. The van der Waals surface area contributed by atoms with Crippen LogP contribution in [0.15, 0.2) is 46.7 Å². The zero-order valence-corrected chi connectivity index (χ0v) is 20.2. The van der Waals surface area contributed by atoms with Crippen LogP contribution < -0.4 is 10.2 Å². The largest absolute Gasteiger partial charge is 0.474 e. The van der Waals surface area contributed by atoms with E-state index >= 15 is 0 Å². The number of nitrogens with one attached hydrogen (secondary N) is 1. The second kappa shape index (κ2) is 13.3. The summed E-state index contributed by atoms with van der Waals surface area (Å²) in [5, 5.41) is 3.24. The first kappa shape index (κ1) is 26.1. The molecule has 28 heavy (non-hydrogen) atoms. The van der Waals surface area contributed by atoms with Crippen molar-refractivity contribution in [2.24, 2.45) is 4.99 Å². The molecule has 158 valence electrons. The molecule has 6 nitrogen and oxygen atoms in total. The summed E-state index contributed by atoms with van der Waals surface area (Å²) in [7, 11) is 1.90. The molecule has 1 heterocycles. The molecule has 0 saturated carbocycles. The molecule has 1 aromatic heterocycles. The molecule has 1 atom stereocenters. The van der Waals surface area contributed by atoms with Gasteiger partial charge in [0.25, 0.3) is 0 Å². The molecule has 0 aliphatic rings. The Morgan fingerprint density at radius 2 is 1.93 bits per heavy atom. The number of halogens is 1. The van der Waals surface area contributed by atoms with Crippen molar-refractivity contribution < 1.29 is 4.74 Å². The van der Waals surface area contributed by atoms with Crippen LogP contribution >= 0.6 is 15.9 Å². The number of amidine groups is 1.